The lowest BCUT2D eigenvalue weighted by Gasteiger charge is -2.33. The van der Waals surface area contributed by atoms with E-state index < -0.39 is 6.04 Å². The molecule has 0 radical (unpaired) electrons. The van der Waals surface area contributed by atoms with Gasteiger partial charge in [0.05, 0.1) is 21.3 Å². The van der Waals surface area contributed by atoms with Crippen LogP contribution in [0.1, 0.15) is 30.9 Å². The molecule has 0 saturated carbocycles. The standard InChI is InChI=1S/C26H29N5O4/c1-30(2)16-11-9-15(10-12-16)25-28-26-27-18-7-6-8-19(32)23(18)24(31(26)29-25)17-13-21(34-4)22(35-5)14-20(17)33-3/h9-14,24H,6-8H2,1-5H3,(H,27,28,29). The molecule has 5 rings (SSSR count). The van der Waals surface area contributed by atoms with Gasteiger partial charge in [-0.3, -0.25) is 4.79 Å². The summed E-state index contributed by atoms with van der Waals surface area (Å²) in [5, 5.41) is 8.25. The number of rotatable bonds is 6. The molecule has 0 bridgehead atoms. The number of benzene rings is 2. The fourth-order valence-electron chi connectivity index (χ4n) is 4.74. The van der Waals surface area contributed by atoms with Gasteiger partial charge in [0.25, 0.3) is 0 Å². The van der Waals surface area contributed by atoms with Crippen LogP contribution in [0.5, 0.6) is 17.2 Å². The Morgan fingerprint density at radius 2 is 1.66 bits per heavy atom. The van der Waals surface area contributed by atoms with Gasteiger partial charge < -0.3 is 24.4 Å². The van der Waals surface area contributed by atoms with E-state index >= 15 is 0 Å². The zero-order valence-electron chi connectivity index (χ0n) is 20.6. The minimum absolute atomic E-state index is 0.0959. The summed E-state index contributed by atoms with van der Waals surface area (Å²) in [6.45, 7) is 0. The Morgan fingerprint density at radius 1 is 0.971 bits per heavy atom. The highest BCUT2D eigenvalue weighted by atomic mass is 16.5. The number of fused-ring (bicyclic) bond motifs is 1. The van der Waals surface area contributed by atoms with E-state index in [-0.39, 0.29) is 5.78 Å². The molecule has 0 spiro atoms. The van der Waals surface area contributed by atoms with E-state index in [1.807, 2.05) is 49.3 Å². The lowest BCUT2D eigenvalue weighted by Crippen LogP contribution is -2.31. The number of nitrogens with one attached hydrogen (secondary N) is 1. The Balaban J connectivity index is 1.68. The van der Waals surface area contributed by atoms with E-state index in [2.05, 4.69) is 5.32 Å². The molecular formula is C26H29N5O4. The summed E-state index contributed by atoms with van der Waals surface area (Å²) in [5.41, 5.74) is 4.31. The molecule has 1 aliphatic heterocycles. The number of nitrogens with zero attached hydrogens (tertiary/aromatic N) is 4. The molecular weight excluding hydrogens is 446 g/mol. The number of carbonyl (C=O) groups is 1. The molecule has 1 aliphatic carbocycles. The van der Waals surface area contributed by atoms with Crippen LogP contribution >= 0.6 is 0 Å². The van der Waals surface area contributed by atoms with E-state index in [0.717, 1.165) is 35.4 Å². The van der Waals surface area contributed by atoms with Gasteiger partial charge in [0.1, 0.15) is 11.8 Å². The van der Waals surface area contributed by atoms with Gasteiger partial charge in [-0.1, -0.05) is 0 Å². The number of hydrogen-bond acceptors (Lipinski definition) is 8. The SMILES string of the molecule is COc1cc(OC)c(C2C3=C(CCCC3=O)Nc3nc(-c4ccc(N(C)C)cc4)nn32)cc1OC. The highest BCUT2D eigenvalue weighted by molar-refractivity contribution is 5.99. The van der Waals surface area contributed by atoms with Gasteiger partial charge in [0, 0.05) is 54.7 Å². The van der Waals surface area contributed by atoms with Crippen molar-refractivity contribution in [1.82, 2.24) is 14.8 Å². The zero-order chi connectivity index (χ0) is 24.7. The van der Waals surface area contributed by atoms with Crippen molar-refractivity contribution < 1.29 is 19.0 Å². The largest absolute Gasteiger partial charge is 0.496 e. The monoisotopic (exact) mass is 475 g/mol. The van der Waals surface area contributed by atoms with Gasteiger partial charge in [-0.25, -0.2) is 4.68 Å². The minimum Gasteiger partial charge on any atom is -0.496 e. The molecule has 1 N–H and O–H groups in total. The maximum atomic E-state index is 13.2. The molecule has 2 heterocycles. The van der Waals surface area contributed by atoms with Crippen molar-refractivity contribution in [2.45, 2.75) is 25.3 Å². The van der Waals surface area contributed by atoms with Crippen molar-refractivity contribution in [3.63, 3.8) is 0 Å². The molecule has 2 aliphatic rings. The number of carbonyl (C=O) groups excluding carboxylic acids is 1. The lowest BCUT2D eigenvalue weighted by atomic mass is 9.85. The quantitative estimate of drug-likeness (QED) is 0.571. The fraction of sp³-hybridized carbons (Fsp3) is 0.346. The molecule has 9 heteroatoms. The summed E-state index contributed by atoms with van der Waals surface area (Å²) >= 11 is 0. The third-order valence-electron chi connectivity index (χ3n) is 6.54. The van der Waals surface area contributed by atoms with E-state index in [0.29, 0.717) is 41.0 Å². The summed E-state index contributed by atoms with van der Waals surface area (Å²) in [6, 6.07) is 11.2. The van der Waals surface area contributed by atoms with Crippen LogP contribution in [-0.4, -0.2) is 56.0 Å². The predicted molar refractivity (Wildman–Crippen MR) is 134 cm³/mol. The molecule has 3 aromatic rings. The Labute approximate surface area is 204 Å². The number of ketones is 1. The number of aromatic nitrogens is 3. The second kappa shape index (κ2) is 8.98. The van der Waals surface area contributed by atoms with Crippen LogP contribution in [0, 0.1) is 0 Å². The molecule has 0 amide bonds. The van der Waals surface area contributed by atoms with Crippen LogP contribution in [-0.2, 0) is 4.79 Å². The Morgan fingerprint density at radius 3 is 2.31 bits per heavy atom. The normalized spacial score (nSPS) is 16.8. The number of hydrogen-bond donors (Lipinski definition) is 1. The number of anilines is 2. The second-order valence-electron chi connectivity index (χ2n) is 8.79. The van der Waals surface area contributed by atoms with Crippen molar-refractivity contribution in [3.8, 4) is 28.6 Å². The van der Waals surface area contributed by atoms with Crippen LogP contribution in [0.2, 0.25) is 0 Å². The summed E-state index contributed by atoms with van der Waals surface area (Å²) < 4.78 is 18.6. The van der Waals surface area contributed by atoms with Gasteiger partial charge in [0.2, 0.25) is 5.95 Å². The highest BCUT2D eigenvalue weighted by Crippen LogP contribution is 2.46. The third-order valence-corrected chi connectivity index (χ3v) is 6.54. The molecule has 9 nitrogen and oxygen atoms in total. The molecule has 35 heavy (non-hydrogen) atoms. The van der Waals surface area contributed by atoms with Gasteiger partial charge >= 0.3 is 0 Å². The van der Waals surface area contributed by atoms with E-state index in [4.69, 9.17) is 24.3 Å². The van der Waals surface area contributed by atoms with Gasteiger partial charge in [-0.15, -0.1) is 5.10 Å². The lowest BCUT2D eigenvalue weighted by molar-refractivity contribution is -0.116. The predicted octanol–water partition coefficient (Wildman–Crippen LogP) is 4.06. The summed E-state index contributed by atoms with van der Waals surface area (Å²) in [6.07, 6.45) is 2.07. The summed E-state index contributed by atoms with van der Waals surface area (Å²) in [5.74, 6) is 2.94. The number of ether oxygens (including phenoxy) is 3. The van der Waals surface area contributed by atoms with Gasteiger partial charge in [-0.2, -0.15) is 4.98 Å². The summed E-state index contributed by atoms with van der Waals surface area (Å²) in [7, 11) is 8.77. The fourth-order valence-corrected chi connectivity index (χ4v) is 4.74. The van der Waals surface area contributed by atoms with Crippen LogP contribution in [0.15, 0.2) is 47.7 Å². The number of methoxy groups -OCH3 is 3. The zero-order valence-corrected chi connectivity index (χ0v) is 20.6. The average Bonchev–Trinajstić information content (AvgIpc) is 3.30. The third kappa shape index (κ3) is 3.86. The number of Topliss-reactive ketones (excluding diaryl/α,β-unsaturated/α-hetero) is 1. The van der Waals surface area contributed by atoms with E-state index in [1.165, 1.54) is 0 Å². The maximum Gasteiger partial charge on any atom is 0.226 e. The van der Waals surface area contributed by atoms with Crippen LogP contribution < -0.4 is 24.4 Å². The molecule has 182 valence electrons. The van der Waals surface area contributed by atoms with Crippen LogP contribution in [0.25, 0.3) is 11.4 Å². The van der Waals surface area contributed by atoms with Gasteiger partial charge in [0.15, 0.2) is 23.1 Å². The molecule has 0 fully saturated rings. The van der Waals surface area contributed by atoms with Crippen molar-refractivity contribution >= 4 is 17.4 Å². The first-order valence-electron chi connectivity index (χ1n) is 11.5. The Hall–Kier alpha value is -4.01. The summed E-state index contributed by atoms with van der Waals surface area (Å²) in [4.78, 5) is 20.1. The Bertz CT molecular complexity index is 1310. The average molecular weight is 476 g/mol. The first kappa shape index (κ1) is 22.8. The minimum atomic E-state index is -0.508. The highest BCUT2D eigenvalue weighted by Gasteiger charge is 2.39. The molecule has 1 aromatic heterocycles. The smallest absolute Gasteiger partial charge is 0.226 e. The maximum absolute atomic E-state index is 13.2. The van der Waals surface area contributed by atoms with Crippen molar-refractivity contribution in [1.29, 1.82) is 0 Å². The molecule has 0 saturated heterocycles. The number of allylic oxidation sites excluding steroid dienone is 2. The van der Waals surface area contributed by atoms with E-state index in [1.54, 1.807) is 32.1 Å². The first-order valence-corrected chi connectivity index (χ1v) is 11.5. The molecule has 2 aromatic carbocycles. The van der Waals surface area contributed by atoms with Gasteiger partial charge in [-0.05, 0) is 43.2 Å². The van der Waals surface area contributed by atoms with Crippen LogP contribution in [0.3, 0.4) is 0 Å². The Kier molecular flexibility index (Phi) is 5.84. The van der Waals surface area contributed by atoms with Crippen molar-refractivity contribution in [2.24, 2.45) is 0 Å². The van der Waals surface area contributed by atoms with Crippen LogP contribution in [0.4, 0.5) is 11.6 Å². The topological polar surface area (TPSA) is 90.7 Å². The van der Waals surface area contributed by atoms with Crippen molar-refractivity contribution in [3.05, 3.63) is 53.2 Å². The molecule has 1 atom stereocenters. The van der Waals surface area contributed by atoms with Crippen molar-refractivity contribution in [2.75, 3.05) is 45.6 Å². The molecule has 1 unspecified atom stereocenters. The second-order valence-corrected chi connectivity index (χ2v) is 8.79. The van der Waals surface area contributed by atoms with E-state index in [9.17, 15) is 4.79 Å². The first-order chi connectivity index (χ1) is 16.9.